The van der Waals surface area contributed by atoms with E-state index < -0.39 is 0 Å². The molecule has 0 amide bonds. The molecule has 4 heteroatoms. The normalized spacial score (nSPS) is 14.7. The van der Waals surface area contributed by atoms with Crippen molar-refractivity contribution in [3.8, 4) is 5.75 Å². The Morgan fingerprint density at radius 3 is 2.61 bits per heavy atom. The molecule has 0 aliphatic heterocycles. The van der Waals surface area contributed by atoms with E-state index in [1.165, 1.54) is 26.4 Å². The summed E-state index contributed by atoms with van der Waals surface area (Å²) in [6.45, 7) is 0.994. The summed E-state index contributed by atoms with van der Waals surface area (Å²) in [6.07, 6.45) is 4.05. The molecule has 1 aromatic carbocycles. The van der Waals surface area contributed by atoms with Gasteiger partial charge in [-0.3, -0.25) is 0 Å². The summed E-state index contributed by atoms with van der Waals surface area (Å²) < 4.78 is 9.77. The molecule has 1 aliphatic carbocycles. The Labute approximate surface area is 107 Å². The van der Waals surface area contributed by atoms with Gasteiger partial charge in [-0.1, -0.05) is 6.42 Å². The lowest BCUT2D eigenvalue weighted by Gasteiger charge is -2.25. The zero-order valence-corrected chi connectivity index (χ0v) is 10.6. The first-order chi connectivity index (χ1) is 8.78. The molecule has 4 nitrogen and oxygen atoms in total. The minimum atomic E-state index is -0.373. The summed E-state index contributed by atoms with van der Waals surface area (Å²) in [7, 11) is 1.35. The number of benzene rings is 1. The molecule has 2 rings (SSSR count). The van der Waals surface area contributed by atoms with Gasteiger partial charge in [0.1, 0.15) is 5.75 Å². The van der Waals surface area contributed by atoms with E-state index >= 15 is 0 Å². The molecule has 0 atom stereocenters. The van der Waals surface area contributed by atoms with E-state index in [0.29, 0.717) is 5.75 Å². The van der Waals surface area contributed by atoms with Gasteiger partial charge < -0.3 is 14.8 Å². The van der Waals surface area contributed by atoms with Gasteiger partial charge in [0, 0.05) is 12.2 Å². The van der Waals surface area contributed by atoms with Gasteiger partial charge in [-0.2, -0.15) is 0 Å². The van der Waals surface area contributed by atoms with Crippen LogP contribution in [0.5, 0.6) is 5.75 Å². The maximum Gasteiger partial charge on any atom is 0.343 e. The predicted molar refractivity (Wildman–Crippen MR) is 69.8 cm³/mol. The fourth-order valence-electron chi connectivity index (χ4n) is 1.83. The Balaban J connectivity index is 1.75. The Morgan fingerprint density at radius 2 is 2.06 bits per heavy atom. The molecule has 98 valence electrons. The highest BCUT2D eigenvalue weighted by atomic mass is 16.6. The third-order valence-electron chi connectivity index (χ3n) is 3.26. The van der Waals surface area contributed by atoms with Crippen molar-refractivity contribution in [3.63, 3.8) is 0 Å². The van der Waals surface area contributed by atoms with Crippen LogP contribution in [0.15, 0.2) is 24.3 Å². The molecule has 1 aromatic rings. The van der Waals surface area contributed by atoms with Crippen LogP contribution in [-0.4, -0.2) is 26.2 Å². The van der Waals surface area contributed by atoms with Crippen molar-refractivity contribution in [2.75, 3.05) is 25.6 Å². The average molecular weight is 249 g/mol. The fourth-order valence-corrected chi connectivity index (χ4v) is 1.83. The largest absolute Gasteiger partial charge is 0.482 e. The lowest BCUT2D eigenvalue weighted by atomic mass is 9.85. The molecule has 1 saturated carbocycles. The number of hydrogen-bond acceptors (Lipinski definition) is 4. The molecule has 18 heavy (non-hydrogen) atoms. The molecule has 0 spiro atoms. The first kappa shape index (κ1) is 12.7. The highest BCUT2D eigenvalue weighted by molar-refractivity contribution is 5.70. The minimum Gasteiger partial charge on any atom is -0.482 e. The zero-order valence-electron chi connectivity index (χ0n) is 10.6. The highest BCUT2D eigenvalue weighted by Crippen LogP contribution is 2.26. The maximum atomic E-state index is 10.9. The second kappa shape index (κ2) is 6.28. The van der Waals surface area contributed by atoms with Gasteiger partial charge in [0.2, 0.25) is 0 Å². The van der Waals surface area contributed by atoms with Gasteiger partial charge in [-0.15, -0.1) is 0 Å². The van der Waals surface area contributed by atoms with Crippen LogP contribution in [0.4, 0.5) is 5.69 Å². The fraction of sp³-hybridized carbons (Fsp3) is 0.500. The first-order valence-electron chi connectivity index (χ1n) is 6.31. The van der Waals surface area contributed by atoms with Crippen molar-refractivity contribution in [1.82, 2.24) is 0 Å². The van der Waals surface area contributed by atoms with E-state index in [-0.39, 0.29) is 12.6 Å². The van der Waals surface area contributed by atoms with Crippen molar-refractivity contribution in [1.29, 1.82) is 0 Å². The van der Waals surface area contributed by atoms with Crippen molar-refractivity contribution < 1.29 is 14.3 Å². The van der Waals surface area contributed by atoms with Crippen LogP contribution in [0.1, 0.15) is 19.3 Å². The van der Waals surface area contributed by atoms with Crippen LogP contribution >= 0.6 is 0 Å². The zero-order chi connectivity index (χ0) is 12.8. The molecule has 0 heterocycles. The van der Waals surface area contributed by atoms with E-state index in [2.05, 4.69) is 10.1 Å². The lowest BCUT2D eigenvalue weighted by molar-refractivity contribution is -0.142. The average Bonchev–Trinajstić information content (AvgIpc) is 2.35. The summed E-state index contributed by atoms with van der Waals surface area (Å²) in [6, 6.07) is 7.63. The van der Waals surface area contributed by atoms with Crippen molar-refractivity contribution >= 4 is 11.7 Å². The summed E-state index contributed by atoms with van der Waals surface area (Å²) in [5, 5.41) is 3.40. The van der Waals surface area contributed by atoms with Gasteiger partial charge in [0.05, 0.1) is 7.11 Å². The molecule has 0 aromatic heterocycles. The molecule has 0 bridgehead atoms. The van der Waals surface area contributed by atoms with Crippen LogP contribution in [0.25, 0.3) is 0 Å². The molecular formula is C14H19NO3. The number of anilines is 1. The number of esters is 1. The van der Waals surface area contributed by atoms with Crippen LogP contribution in [-0.2, 0) is 9.53 Å². The molecule has 0 radical (unpaired) electrons. The standard InChI is InChI=1S/C14H19NO3/c1-17-14(16)10-18-13-7-5-12(6-8-13)15-9-11-3-2-4-11/h5-8,11,15H,2-4,9-10H2,1H3. The molecule has 1 N–H and O–H groups in total. The van der Waals surface area contributed by atoms with Gasteiger partial charge in [0.15, 0.2) is 6.61 Å². The third kappa shape index (κ3) is 3.65. The van der Waals surface area contributed by atoms with Crippen LogP contribution in [0.2, 0.25) is 0 Å². The van der Waals surface area contributed by atoms with Gasteiger partial charge in [0.25, 0.3) is 0 Å². The second-order valence-corrected chi connectivity index (χ2v) is 4.57. The van der Waals surface area contributed by atoms with Crippen molar-refractivity contribution in [2.45, 2.75) is 19.3 Å². The van der Waals surface area contributed by atoms with E-state index in [9.17, 15) is 4.79 Å². The van der Waals surface area contributed by atoms with E-state index in [1.54, 1.807) is 0 Å². The molecule has 1 fully saturated rings. The highest BCUT2D eigenvalue weighted by Gasteiger charge is 2.16. The number of carbonyl (C=O) groups is 1. The van der Waals surface area contributed by atoms with Gasteiger partial charge >= 0.3 is 5.97 Å². The summed E-state index contributed by atoms with van der Waals surface area (Å²) in [4.78, 5) is 10.9. The number of nitrogens with one attached hydrogen (secondary N) is 1. The number of hydrogen-bond donors (Lipinski definition) is 1. The molecule has 0 saturated heterocycles. The lowest BCUT2D eigenvalue weighted by Crippen LogP contribution is -2.20. The van der Waals surface area contributed by atoms with E-state index in [1.807, 2.05) is 24.3 Å². The Bertz CT molecular complexity index is 385. The minimum absolute atomic E-state index is 0.0502. The summed E-state index contributed by atoms with van der Waals surface area (Å²) >= 11 is 0. The predicted octanol–water partition coefficient (Wildman–Crippen LogP) is 2.45. The van der Waals surface area contributed by atoms with Gasteiger partial charge in [-0.25, -0.2) is 4.79 Å². The number of rotatable bonds is 6. The molecular weight excluding hydrogens is 230 g/mol. The number of carbonyl (C=O) groups excluding carboxylic acids is 1. The van der Waals surface area contributed by atoms with Crippen molar-refractivity contribution in [3.05, 3.63) is 24.3 Å². The van der Waals surface area contributed by atoms with Crippen LogP contribution in [0, 0.1) is 5.92 Å². The van der Waals surface area contributed by atoms with E-state index in [4.69, 9.17) is 4.74 Å². The third-order valence-corrected chi connectivity index (χ3v) is 3.26. The quantitative estimate of drug-likeness (QED) is 0.787. The second-order valence-electron chi connectivity index (χ2n) is 4.57. The SMILES string of the molecule is COC(=O)COc1ccc(NCC2CCC2)cc1. The number of methoxy groups -OCH3 is 1. The van der Waals surface area contributed by atoms with Crippen LogP contribution < -0.4 is 10.1 Å². The summed E-state index contributed by atoms with van der Waals surface area (Å²) in [5.41, 5.74) is 1.09. The van der Waals surface area contributed by atoms with Crippen molar-refractivity contribution in [2.24, 2.45) is 5.92 Å². The first-order valence-corrected chi connectivity index (χ1v) is 6.31. The smallest absolute Gasteiger partial charge is 0.343 e. The maximum absolute atomic E-state index is 10.9. The summed E-state index contributed by atoms with van der Waals surface area (Å²) in [5.74, 6) is 1.14. The Hall–Kier alpha value is -1.71. The molecule has 0 unspecified atom stereocenters. The topological polar surface area (TPSA) is 47.6 Å². The Kier molecular flexibility index (Phi) is 4.45. The van der Waals surface area contributed by atoms with E-state index in [0.717, 1.165) is 18.2 Å². The van der Waals surface area contributed by atoms with Crippen LogP contribution in [0.3, 0.4) is 0 Å². The number of ether oxygens (including phenoxy) is 2. The monoisotopic (exact) mass is 249 g/mol. The Morgan fingerprint density at radius 1 is 1.33 bits per heavy atom. The molecule has 1 aliphatic rings. The van der Waals surface area contributed by atoms with Gasteiger partial charge in [-0.05, 0) is 43.0 Å².